The Labute approximate surface area is 96.4 Å². The van der Waals surface area contributed by atoms with Crippen LogP contribution in [0.4, 0.5) is 17.7 Å². The third-order valence-corrected chi connectivity index (χ3v) is 2.16. The van der Waals surface area contributed by atoms with Gasteiger partial charge in [-0.05, 0) is 12.1 Å². The molecule has 0 bridgehead atoms. The van der Waals surface area contributed by atoms with Gasteiger partial charge < -0.3 is 20.2 Å². The van der Waals surface area contributed by atoms with Gasteiger partial charge in [0.15, 0.2) is 0 Å². The summed E-state index contributed by atoms with van der Waals surface area (Å²) in [5.74, 6) is 0.555. The number of nitrogens with one attached hydrogen (secondary N) is 1. The first kappa shape index (κ1) is 10.6. The lowest BCUT2D eigenvalue weighted by molar-refractivity contribution is 0.415. The summed E-state index contributed by atoms with van der Waals surface area (Å²) >= 11 is 5.88. The number of aromatic nitrogens is 2. The Balaban J connectivity index is 2.21. The van der Waals surface area contributed by atoms with Gasteiger partial charge in [-0.25, -0.2) is 0 Å². The zero-order valence-electron chi connectivity index (χ0n) is 8.40. The lowest BCUT2D eigenvalue weighted by Crippen LogP contribution is -1.92. The van der Waals surface area contributed by atoms with Crippen LogP contribution >= 0.6 is 11.6 Å². The highest BCUT2D eigenvalue weighted by Gasteiger charge is 2.05. The Hall–Kier alpha value is -1.95. The minimum absolute atomic E-state index is 0.00317. The number of nitrogens with two attached hydrogens (primary N) is 1. The van der Waals surface area contributed by atoms with Gasteiger partial charge in [-0.2, -0.15) is 0 Å². The second-order valence-corrected chi connectivity index (χ2v) is 3.33. The van der Waals surface area contributed by atoms with Crippen molar-refractivity contribution in [2.75, 3.05) is 18.2 Å². The molecule has 0 atom stereocenters. The van der Waals surface area contributed by atoms with Crippen molar-refractivity contribution in [3.8, 4) is 5.75 Å². The minimum Gasteiger partial charge on any atom is -0.495 e. The molecule has 2 aromatic rings. The maximum atomic E-state index is 5.88. The smallest absolute Gasteiger partial charge is 0.321 e. The maximum Gasteiger partial charge on any atom is 0.321 e. The van der Waals surface area contributed by atoms with E-state index in [0.29, 0.717) is 16.5 Å². The normalized spacial score (nSPS) is 10.1. The summed E-state index contributed by atoms with van der Waals surface area (Å²) in [4.78, 5) is 0. The van der Waals surface area contributed by atoms with E-state index in [4.69, 9.17) is 26.5 Å². The Kier molecular flexibility index (Phi) is 2.82. The quantitative estimate of drug-likeness (QED) is 0.854. The second kappa shape index (κ2) is 4.28. The van der Waals surface area contributed by atoms with Gasteiger partial charge in [-0.1, -0.05) is 21.8 Å². The van der Waals surface area contributed by atoms with Crippen LogP contribution in [-0.2, 0) is 0 Å². The summed E-state index contributed by atoms with van der Waals surface area (Å²) in [5.41, 5.74) is 6.00. The van der Waals surface area contributed by atoms with E-state index in [0.717, 1.165) is 0 Å². The summed E-state index contributed by atoms with van der Waals surface area (Å²) in [6.45, 7) is 0. The fourth-order valence-corrected chi connectivity index (χ4v) is 1.34. The molecular formula is C9H9ClN4O2. The first-order valence-electron chi connectivity index (χ1n) is 4.38. The number of nitrogen functional groups attached to an aromatic ring is 1. The van der Waals surface area contributed by atoms with Gasteiger partial charge in [0.1, 0.15) is 5.75 Å². The predicted molar refractivity (Wildman–Crippen MR) is 60.0 cm³/mol. The fraction of sp³-hybridized carbons (Fsp3) is 0.111. The van der Waals surface area contributed by atoms with Crippen LogP contribution in [0.15, 0.2) is 22.6 Å². The van der Waals surface area contributed by atoms with Gasteiger partial charge in [0.25, 0.3) is 0 Å². The summed E-state index contributed by atoms with van der Waals surface area (Å²) in [6, 6.07) is 5.38. The Morgan fingerprint density at radius 3 is 2.88 bits per heavy atom. The van der Waals surface area contributed by atoms with Crippen LogP contribution in [0.1, 0.15) is 0 Å². The van der Waals surface area contributed by atoms with E-state index >= 15 is 0 Å². The molecule has 3 N–H and O–H groups in total. The van der Waals surface area contributed by atoms with Crippen molar-refractivity contribution in [2.45, 2.75) is 0 Å². The molecule has 7 heteroatoms. The monoisotopic (exact) mass is 240 g/mol. The average molecular weight is 241 g/mol. The van der Waals surface area contributed by atoms with E-state index in [1.54, 1.807) is 18.2 Å². The second-order valence-electron chi connectivity index (χ2n) is 2.92. The molecule has 84 valence electrons. The number of halogens is 1. The van der Waals surface area contributed by atoms with Crippen LogP contribution < -0.4 is 15.8 Å². The maximum absolute atomic E-state index is 5.88. The molecular weight excluding hydrogens is 232 g/mol. The van der Waals surface area contributed by atoms with Gasteiger partial charge in [-0.15, -0.1) is 0 Å². The van der Waals surface area contributed by atoms with Crippen LogP contribution in [0.25, 0.3) is 0 Å². The summed E-state index contributed by atoms with van der Waals surface area (Å²) in [5, 5.41) is 10.6. The number of ether oxygens (including phenoxy) is 1. The summed E-state index contributed by atoms with van der Waals surface area (Å²) in [6.07, 6.45) is 0. The zero-order chi connectivity index (χ0) is 11.5. The zero-order valence-corrected chi connectivity index (χ0v) is 9.15. The number of rotatable bonds is 3. The first-order chi connectivity index (χ1) is 7.69. The van der Waals surface area contributed by atoms with E-state index in [1.165, 1.54) is 7.11 Å². The van der Waals surface area contributed by atoms with E-state index < -0.39 is 0 Å². The molecule has 0 amide bonds. The standard InChI is InChI=1S/C9H9ClN4O2/c1-15-7-4-5(2-3-6(7)10)12-9-14-13-8(11)16-9/h2-4H,1H3,(H2,11,13)(H,12,14). The van der Waals surface area contributed by atoms with Crippen LogP contribution in [0.5, 0.6) is 5.75 Å². The molecule has 1 heterocycles. The lowest BCUT2D eigenvalue weighted by atomic mass is 10.3. The molecule has 6 nitrogen and oxygen atoms in total. The Bertz CT molecular complexity index is 500. The van der Waals surface area contributed by atoms with E-state index in [1.807, 2.05) is 0 Å². The predicted octanol–water partition coefficient (Wildman–Crippen LogP) is 2.06. The molecule has 0 saturated carbocycles. The van der Waals surface area contributed by atoms with E-state index in [-0.39, 0.29) is 12.0 Å². The highest BCUT2D eigenvalue weighted by atomic mass is 35.5. The third kappa shape index (κ3) is 2.17. The van der Waals surface area contributed by atoms with Gasteiger partial charge in [0.05, 0.1) is 12.1 Å². The third-order valence-electron chi connectivity index (χ3n) is 1.84. The molecule has 0 fully saturated rings. The van der Waals surface area contributed by atoms with Crippen LogP contribution in [0, 0.1) is 0 Å². The Morgan fingerprint density at radius 2 is 2.25 bits per heavy atom. The van der Waals surface area contributed by atoms with Crippen molar-refractivity contribution >= 4 is 29.3 Å². The van der Waals surface area contributed by atoms with Gasteiger partial charge in [-0.3, -0.25) is 0 Å². The molecule has 0 radical (unpaired) electrons. The van der Waals surface area contributed by atoms with E-state index in [2.05, 4.69) is 15.5 Å². The summed E-state index contributed by atoms with van der Waals surface area (Å²) < 4.78 is 10.0. The lowest BCUT2D eigenvalue weighted by Gasteiger charge is -2.05. The van der Waals surface area contributed by atoms with Crippen molar-refractivity contribution < 1.29 is 9.15 Å². The molecule has 1 aromatic heterocycles. The number of nitrogens with zero attached hydrogens (tertiary/aromatic N) is 2. The van der Waals surface area contributed by atoms with Crippen LogP contribution in [-0.4, -0.2) is 17.3 Å². The Morgan fingerprint density at radius 1 is 1.44 bits per heavy atom. The molecule has 0 spiro atoms. The topological polar surface area (TPSA) is 86.2 Å². The highest BCUT2D eigenvalue weighted by Crippen LogP contribution is 2.28. The molecule has 0 unspecified atom stereocenters. The molecule has 0 aliphatic rings. The van der Waals surface area contributed by atoms with Crippen molar-refractivity contribution in [1.82, 2.24) is 10.2 Å². The number of hydrogen-bond acceptors (Lipinski definition) is 6. The largest absolute Gasteiger partial charge is 0.495 e. The number of methoxy groups -OCH3 is 1. The molecule has 0 saturated heterocycles. The van der Waals surface area contributed by atoms with Crippen LogP contribution in [0.3, 0.4) is 0 Å². The van der Waals surface area contributed by atoms with Crippen molar-refractivity contribution in [3.63, 3.8) is 0 Å². The van der Waals surface area contributed by atoms with Crippen molar-refractivity contribution in [3.05, 3.63) is 23.2 Å². The van der Waals surface area contributed by atoms with Gasteiger partial charge in [0.2, 0.25) is 0 Å². The van der Waals surface area contributed by atoms with Crippen LogP contribution in [0.2, 0.25) is 5.02 Å². The molecule has 0 aliphatic heterocycles. The van der Waals surface area contributed by atoms with Gasteiger partial charge >= 0.3 is 12.0 Å². The number of hydrogen-bond donors (Lipinski definition) is 2. The molecule has 2 rings (SSSR count). The number of anilines is 3. The molecule has 0 aliphatic carbocycles. The summed E-state index contributed by atoms with van der Waals surface area (Å²) in [7, 11) is 1.54. The highest BCUT2D eigenvalue weighted by molar-refractivity contribution is 6.32. The SMILES string of the molecule is COc1cc(Nc2nnc(N)o2)ccc1Cl. The molecule has 1 aromatic carbocycles. The molecule has 16 heavy (non-hydrogen) atoms. The van der Waals surface area contributed by atoms with Crippen molar-refractivity contribution in [1.29, 1.82) is 0 Å². The van der Waals surface area contributed by atoms with Crippen molar-refractivity contribution in [2.24, 2.45) is 0 Å². The first-order valence-corrected chi connectivity index (χ1v) is 4.76. The number of benzene rings is 1. The average Bonchev–Trinajstić information content (AvgIpc) is 2.67. The fourth-order valence-electron chi connectivity index (χ4n) is 1.15. The van der Waals surface area contributed by atoms with E-state index in [9.17, 15) is 0 Å². The minimum atomic E-state index is 0.00317. The van der Waals surface area contributed by atoms with Gasteiger partial charge in [0, 0.05) is 11.8 Å².